The van der Waals surface area contributed by atoms with E-state index in [2.05, 4.69) is 0 Å². The zero-order valence-corrected chi connectivity index (χ0v) is 14.8. The molecule has 0 aromatic heterocycles. The fourth-order valence-corrected chi connectivity index (χ4v) is 3.43. The molecular formula is C21H17F3O3. The summed E-state index contributed by atoms with van der Waals surface area (Å²) in [5.74, 6) is -5.11. The first-order valence-electron chi connectivity index (χ1n) is 8.39. The molecule has 0 spiro atoms. The lowest BCUT2D eigenvalue weighted by molar-refractivity contribution is -0.124. The second-order valence-electron chi connectivity index (χ2n) is 6.34. The van der Waals surface area contributed by atoms with Crippen LogP contribution in [-0.2, 0) is 9.59 Å². The SMILES string of the molecule is C/C=C/[C@@H]1CC(=O)C(c2c(F)cc(-c3ccc(F)cc3F)cc2OC)C1=O. The van der Waals surface area contributed by atoms with E-state index in [1.807, 2.05) is 0 Å². The van der Waals surface area contributed by atoms with Gasteiger partial charge in [0.1, 0.15) is 34.9 Å². The monoisotopic (exact) mass is 374 g/mol. The van der Waals surface area contributed by atoms with Crippen LogP contribution >= 0.6 is 0 Å². The summed E-state index contributed by atoms with van der Waals surface area (Å²) in [6, 6.07) is 5.31. The Morgan fingerprint density at radius 2 is 1.81 bits per heavy atom. The minimum Gasteiger partial charge on any atom is -0.496 e. The highest BCUT2D eigenvalue weighted by molar-refractivity contribution is 6.15. The lowest BCUT2D eigenvalue weighted by Gasteiger charge is -2.16. The first kappa shape index (κ1) is 18.9. The summed E-state index contributed by atoms with van der Waals surface area (Å²) in [7, 11) is 1.27. The lowest BCUT2D eigenvalue weighted by atomic mass is 9.90. The molecule has 3 nitrogen and oxygen atoms in total. The van der Waals surface area contributed by atoms with Gasteiger partial charge in [-0.15, -0.1) is 0 Å². The van der Waals surface area contributed by atoms with Crippen molar-refractivity contribution < 1.29 is 27.5 Å². The molecule has 6 heteroatoms. The molecule has 1 saturated carbocycles. The summed E-state index contributed by atoms with van der Waals surface area (Å²) < 4.78 is 47.3. The number of ether oxygens (including phenoxy) is 1. The van der Waals surface area contributed by atoms with Crippen LogP contribution in [0.4, 0.5) is 13.2 Å². The molecule has 2 atom stereocenters. The van der Waals surface area contributed by atoms with Gasteiger partial charge in [-0.05, 0) is 36.8 Å². The molecule has 1 aliphatic carbocycles. The number of rotatable bonds is 4. The van der Waals surface area contributed by atoms with Crippen molar-refractivity contribution in [3.05, 3.63) is 65.5 Å². The Labute approximate surface area is 154 Å². The third-order valence-corrected chi connectivity index (χ3v) is 4.66. The molecule has 0 radical (unpaired) electrons. The van der Waals surface area contributed by atoms with E-state index in [0.717, 1.165) is 12.1 Å². The molecule has 2 aromatic rings. The fraction of sp³-hybridized carbons (Fsp3) is 0.238. The standard InChI is InChI=1S/C21H17F3O3/c1-3-4-11-8-17(25)20(21(11)26)19-16(24)7-12(9-18(19)27-2)14-6-5-13(22)10-15(14)23/h3-7,9-11,20H,8H2,1-2H3/b4-3+/t11-,20?/m1/s1. The Balaban J connectivity index is 2.11. The second kappa shape index (κ2) is 7.39. The number of benzene rings is 2. The fourth-order valence-electron chi connectivity index (χ4n) is 3.43. The molecule has 2 aromatic carbocycles. The zero-order valence-electron chi connectivity index (χ0n) is 14.8. The maximum Gasteiger partial charge on any atom is 0.155 e. The maximum absolute atomic E-state index is 14.9. The molecule has 1 aliphatic rings. The number of Topliss-reactive ketones (excluding diaryl/α,β-unsaturated/α-hetero) is 2. The molecule has 1 fully saturated rings. The third kappa shape index (κ3) is 3.39. The number of hydrogen-bond acceptors (Lipinski definition) is 3. The van der Waals surface area contributed by atoms with Crippen LogP contribution in [-0.4, -0.2) is 18.7 Å². The average Bonchev–Trinajstić information content (AvgIpc) is 2.88. The van der Waals surface area contributed by atoms with Gasteiger partial charge in [0.2, 0.25) is 0 Å². The normalized spacial score (nSPS) is 19.9. The van der Waals surface area contributed by atoms with Gasteiger partial charge in [0, 0.05) is 29.5 Å². The highest BCUT2D eigenvalue weighted by atomic mass is 19.1. The summed E-state index contributed by atoms with van der Waals surface area (Å²) in [6.07, 6.45) is 3.30. The Morgan fingerprint density at radius 3 is 2.44 bits per heavy atom. The molecule has 0 bridgehead atoms. The van der Waals surface area contributed by atoms with E-state index in [1.54, 1.807) is 19.1 Å². The third-order valence-electron chi connectivity index (χ3n) is 4.66. The zero-order chi connectivity index (χ0) is 19.7. The number of allylic oxidation sites excluding steroid dienone is 2. The molecule has 0 N–H and O–H groups in total. The molecule has 0 amide bonds. The van der Waals surface area contributed by atoms with Gasteiger partial charge in [0.05, 0.1) is 7.11 Å². The molecule has 3 rings (SSSR count). The highest BCUT2D eigenvalue weighted by Gasteiger charge is 2.43. The number of hydrogen-bond donors (Lipinski definition) is 0. The van der Waals surface area contributed by atoms with Crippen LogP contribution in [0, 0.1) is 23.4 Å². The molecule has 0 saturated heterocycles. The predicted molar refractivity (Wildman–Crippen MR) is 94.0 cm³/mol. The van der Waals surface area contributed by atoms with Crippen LogP contribution in [0.15, 0.2) is 42.5 Å². The smallest absolute Gasteiger partial charge is 0.155 e. The molecule has 27 heavy (non-hydrogen) atoms. The van der Waals surface area contributed by atoms with E-state index < -0.39 is 35.1 Å². The van der Waals surface area contributed by atoms with Crippen molar-refractivity contribution >= 4 is 11.6 Å². The van der Waals surface area contributed by atoms with Crippen LogP contribution in [0.3, 0.4) is 0 Å². The van der Waals surface area contributed by atoms with Gasteiger partial charge >= 0.3 is 0 Å². The largest absolute Gasteiger partial charge is 0.496 e. The van der Waals surface area contributed by atoms with Crippen molar-refractivity contribution in [3.8, 4) is 16.9 Å². The first-order chi connectivity index (χ1) is 12.9. The lowest BCUT2D eigenvalue weighted by Crippen LogP contribution is -2.17. The van der Waals surface area contributed by atoms with E-state index >= 15 is 0 Å². The van der Waals surface area contributed by atoms with Gasteiger partial charge in [-0.3, -0.25) is 9.59 Å². The molecule has 0 aliphatic heterocycles. The van der Waals surface area contributed by atoms with E-state index in [-0.39, 0.29) is 34.6 Å². The van der Waals surface area contributed by atoms with Crippen molar-refractivity contribution in [2.24, 2.45) is 5.92 Å². The van der Waals surface area contributed by atoms with E-state index in [9.17, 15) is 22.8 Å². The van der Waals surface area contributed by atoms with Crippen molar-refractivity contribution in [2.45, 2.75) is 19.3 Å². The summed E-state index contributed by atoms with van der Waals surface area (Å²) in [4.78, 5) is 24.9. The average molecular weight is 374 g/mol. The maximum atomic E-state index is 14.9. The highest BCUT2D eigenvalue weighted by Crippen LogP contribution is 2.41. The molecule has 140 valence electrons. The van der Waals surface area contributed by atoms with Crippen molar-refractivity contribution in [1.29, 1.82) is 0 Å². The Bertz CT molecular complexity index is 950. The summed E-state index contributed by atoms with van der Waals surface area (Å²) >= 11 is 0. The molecular weight excluding hydrogens is 357 g/mol. The first-order valence-corrected chi connectivity index (χ1v) is 8.39. The van der Waals surface area contributed by atoms with Crippen molar-refractivity contribution in [1.82, 2.24) is 0 Å². The Kier molecular flexibility index (Phi) is 5.17. The number of ketones is 2. The van der Waals surface area contributed by atoms with Gasteiger partial charge in [0.25, 0.3) is 0 Å². The van der Waals surface area contributed by atoms with Crippen LogP contribution in [0.1, 0.15) is 24.8 Å². The number of carbonyl (C=O) groups is 2. The second-order valence-corrected chi connectivity index (χ2v) is 6.34. The van der Waals surface area contributed by atoms with E-state index in [4.69, 9.17) is 4.74 Å². The number of halogens is 3. The van der Waals surface area contributed by atoms with Crippen LogP contribution < -0.4 is 4.74 Å². The minimum absolute atomic E-state index is 0.00474. The topological polar surface area (TPSA) is 43.4 Å². The Morgan fingerprint density at radius 1 is 1.07 bits per heavy atom. The predicted octanol–water partition coefficient (Wildman–Crippen LogP) is 4.60. The van der Waals surface area contributed by atoms with Gasteiger partial charge in [-0.1, -0.05) is 12.2 Å². The van der Waals surface area contributed by atoms with Crippen LogP contribution in [0.2, 0.25) is 0 Å². The summed E-state index contributed by atoms with van der Waals surface area (Å²) in [5, 5.41) is 0. The van der Waals surface area contributed by atoms with Gasteiger partial charge in [-0.2, -0.15) is 0 Å². The number of methoxy groups -OCH3 is 1. The minimum atomic E-state index is -1.26. The molecule has 0 heterocycles. The van der Waals surface area contributed by atoms with Crippen LogP contribution in [0.5, 0.6) is 5.75 Å². The van der Waals surface area contributed by atoms with E-state index in [1.165, 1.54) is 19.2 Å². The van der Waals surface area contributed by atoms with E-state index in [0.29, 0.717) is 6.07 Å². The number of carbonyl (C=O) groups excluding carboxylic acids is 2. The van der Waals surface area contributed by atoms with Crippen LogP contribution in [0.25, 0.3) is 11.1 Å². The summed E-state index contributed by atoms with van der Waals surface area (Å²) in [6.45, 7) is 1.73. The quantitative estimate of drug-likeness (QED) is 0.580. The Hall–Kier alpha value is -2.89. The summed E-state index contributed by atoms with van der Waals surface area (Å²) in [5.41, 5.74) is -0.0460. The van der Waals surface area contributed by atoms with Crippen molar-refractivity contribution in [2.75, 3.05) is 7.11 Å². The molecule has 1 unspecified atom stereocenters. The van der Waals surface area contributed by atoms with Gasteiger partial charge in [-0.25, -0.2) is 13.2 Å². The van der Waals surface area contributed by atoms with Crippen molar-refractivity contribution in [3.63, 3.8) is 0 Å². The van der Waals surface area contributed by atoms with Gasteiger partial charge in [0.15, 0.2) is 5.78 Å². The van der Waals surface area contributed by atoms with Gasteiger partial charge < -0.3 is 4.74 Å².